The van der Waals surface area contributed by atoms with Crippen LogP contribution in [0.3, 0.4) is 0 Å². The Hall–Kier alpha value is -2.51. The molecule has 0 saturated carbocycles. The summed E-state index contributed by atoms with van der Waals surface area (Å²) in [5.74, 6) is -0.229. The zero-order valence-corrected chi connectivity index (χ0v) is 14.0. The van der Waals surface area contributed by atoms with Crippen molar-refractivity contribution in [2.75, 3.05) is 12.0 Å². The molecule has 0 spiro atoms. The fourth-order valence-electron chi connectivity index (χ4n) is 1.84. The molecule has 0 bridgehead atoms. The molecule has 0 saturated heterocycles. The number of hydrogen-bond donors (Lipinski definition) is 2. The predicted octanol–water partition coefficient (Wildman–Crippen LogP) is 4.45. The Balaban J connectivity index is 2.28. The van der Waals surface area contributed by atoms with Crippen LogP contribution < -0.4 is 10.2 Å². The normalized spacial score (nSPS) is 10.8. The Labute approximate surface area is 147 Å². The Kier molecular flexibility index (Phi) is 5.83. The van der Waals surface area contributed by atoms with Gasteiger partial charge in [0.1, 0.15) is 0 Å². The lowest BCUT2D eigenvalue weighted by Gasteiger charge is -2.08. The van der Waals surface area contributed by atoms with Crippen molar-refractivity contribution >= 4 is 40.8 Å². The molecule has 2 N–H and O–H groups in total. The summed E-state index contributed by atoms with van der Waals surface area (Å²) in [4.78, 5) is 10.4. The van der Waals surface area contributed by atoms with Crippen molar-refractivity contribution in [3.63, 3.8) is 0 Å². The van der Waals surface area contributed by atoms with Gasteiger partial charge in [-0.3, -0.25) is 15.5 Å². The second-order valence-corrected chi connectivity index (χ2v) is 5.41. The molecule has 0 fully saturated rings. The number of non-ortho nitro benzene ring substituents is 1. The molecule has 126 valence electrons. The van der Waals surface area contributed by atoms with Crippen molar-refractivity contribution in [2.45, 2.75) is 6.92 Å². The molecule has 2 aromatic rings. The summed E-state index contributed by atoms with van der Waals surface area (Å²) in [6.45, 7) is 1.96. The highest BCUT2D eigenvalue weighted by Crippen LogP contribution is 2.34. The van der Waals surface area contributed by atoms with E-state index in [-0.39, 0.29) is 29.4 Å². The number of hydrogen-bond acceptors (Lipinski definition) is 6. The van der Waals surface area contributed by atoms with Crippen molar-refractivity contribution in [1.29, 1.82) is 0 Å². The second-order valence-electron chi connectivity index (χ2n) is 4.57. The number of nitro benzene ring substituents is 1. The monoisotopic (exact) mass is 369 g/mol. The van der Waals surface area contributed by atoms with E-state index in [2.05, 4.69) is 10.5 Å². The highest BCUT2D eigenvalue weighted by atomic mass is 35.5. The van der Waals surface area contributed by atoms with Crippen LogP contribution in [0.2, 0.25) is 10.0 Å². The average Bonchev–Trinajstić information content (AvgIpc) is 2.52. The predicted molar refractivity (Wildman–Crippen MR) is 93.6 cm³/mol. The van der Waals surface area contributed by atoms with Crippen molar-refractivity contribution in [3.05, 3.63) is 56.1 Å². The first-order valence-corrected chi connectivity index (χ1v) is 7.56. The first-order chi connectivity index (χ1) is 11.4. The fraction of sp³-hybridized carbons (Fsp3) is 0.133. The molecule has 24 heavy (non-hydrogen) atoms. The van der Waals surface area contributed by atoms with E-state index < -0.39 is 4.92 Å². The number of aromatic hydroxyl groups is 1. The Morgan fingerprint density at radius 2 is 2.12 bits per heavy atom. The summed E-state index contributed by atoms with van der Waals surface area (Å²) < 4.78 is 5.19. The number of nitrogens with one attached hydrogen (secondary N) is 1. The molecule has 0 aromatic heterocycles. The molecule has 0 aliphatic rings. The van der Waals surface area contributed by atoms with Gasteiger partial charge >= 0.3 is 0 Å². The smallest absolute Gasteiger partial charge is 0.274 e. The average molecular weight is 370 g/mol. The number of halogens is 2. The van der Waals surface area contributed by atoms with E-state index in [1.165, 1.54) is 12.3 Å². The highest BCUT2D eigenvalue weighted by Gasteiger charge is 2.16. The molecule has 2 rings (SSSR count). The van der Waals surface area contributed by atoms with Crippen molar-refractivity contribution in [1.82, 2.24) is 0 Å². The standard InChI is InChI=1S/C15H13Cl2N3O4/c1-2-24-14-7-11(20(22)23)5-9(15(14)21)8-18-19-13-4-3-10(16)6-12(13)17/h3-8,19,21H,2H2,1H3/b18-8-. The summed E-state index contributed by atoms with van der Waals surface area (Å²) >= 11 is 11.8. The summed E-state index contributed by atoms with van der Waals surface area (Å²) in [6, 6.07) is 7.13. The molecular formula is C15H13Cl2N3O4. The van der Waals surface area contributed by atoms with Gasteiger partial charge in [0.05, 0.1) is 34.5 Å². The number of anilines is 1. The molecular weight excluding hydrogens is 357 g/mol. The number of hydrazone groups is 1. The zero-order valence-electron chi connectivity index (χ0n) is 12.5. The third kappa shape index (κ3) is 4.27. The molecule has 0 heterocycles. The SMILES string of the molecule is CCOc1cc([N+](=O)[O-])cc(/C=N\Nc2ccc(Cl)cc2Cl)c1O. The summed E-state index contributed by atoms with van der Waals surface area (Å²) in [7, 11) is 0. The third-order valence-corrected chi connectivity index (χ3v) is 3.47. The van der Waals surface area contributed by atoms with Crippen LogP contribution in [-0.4, -0.2) is 22.9 Å². The fourth-order valence-corrected chi connectivity index (χ4v) is 2.29. The molecule has 0 amide bonds. The largest absolute Gasteiger partial charge is 0.504 e. The molecule has 7 nitrogen and oxygen atoms in total. The number of nitro groups is 1. The summed E-state index contributed by atoms with van der Waals surface area (Å²) in [5.41, 5.74) is 3.08. The van der Waals surface area contributed by atoms with Gasteiger partial charge in [-0.2, -0.15) is 5.10 Å². The van der Waals surface area contributed by atoms with Gasteiger partial charge in [0.2, 0.25) is 0 Å². The maximum absolute atomic E-state index is 11.0. The summed E-state index contributed by atoms with van der Waals surface area (Å²) in [5, 5.41) is 25.8. The van der Waals surface area contributed by atoms with E-state index in [9.17, 15) is 15.2 Å². The number of rotatable bonds is 6. The number of phenols is 1. The quantitative estimate of drug-likeness (QED) is 0.445. The van der Waals surface area contributed by atoms with Gasteiger partial charge in [0.25, 0.3) is 5.69 Å². The molecule has 0 unspecified atom stereocenters. The van der Waals surface area contributed by atoms with E-state index in [0.717, 1.165) is 6.07 Å². The van der Waals surface area contributed by atoms with Crippen LogP contribution in [0.5, 0.6) is 11.5 Å². The van der Waals surface area contributed by atoms with E-state index in [0.29, 0.717) is 15.7 Å². The van der Waals surface area contributed by atoms with Crippen LogP contribution in [0.25, 0.3) is 0 Å². The van der Waals surface area contributed by atoms with Crippen LogP contribution >= 0.6 is 23.2 Å². The summed E-state index contributed by atoms with van der Waals surface area (Å²) in [6.07, 6.45) is 1.23. The van der Waals surface area contributed by atoms with E-state index in [4.69, 9.17) is 27.9 Å². The van der Waals surface area contributed by atoms with E-state index in [1.54, 1.807) is 25.1 Å². The van der Waals surface area contributed by atoms with Crippen LogP contribution in [0.4, 0.5) is 11.4 Å². The lowest BCUT2D eigenvalue weighted by atomic mass is 10.1. The number of benzene rings is 2. The van der Waals surface area contributed by atoms with Crippen LogP contribution in [0, 0.1) is 10.1 Å². The topological polar surface area (TPSA) is 97.0 Å². The Morgan fingerprint density at radius 3 is 2.75 bits per heavy atom. The maximum Gasteiger partial charge on any atom is 0.274 e. The minimum Gasteiger partial charge on any atom is -0.504 e. The Morgan fingerprint density at radius 1 is 1.38 bits per heavy atom. The number of phenolic OH excluding ortho intramolecular Hbond substituents is 1. The van der Waals surface area contributed by atoms with Gasteiger partial charge in [-0.15, -0.1) is 0 Å². The minimum absolute atomic E-state index is 0.0117. The van der Waals surface area contributed by atoms with Gasteiger partial charge in [0, 0.05) is 16.7 Å². The number of ether oxygens (including phenoxy) is 1. The lowest BCUT2D eigenvalue weighted by Crippen LogP contribution is -1.98. The maximum atomic E-state index is 11.0. The van der Waals surface area contributed by atoms with Gasteiger partial charge < -0.3 is 9.84 Å². The van der Waals surface area contributed by atoms with Gasteiger partial charge in [-0.05, 0) is 25.1 Å². The van der Waals surface area contributed by atoms with Gasteiger partial charge in [0.15, 0.2) is 11.5 Å². The lowest BCUT2D eigenvalue weighted by molar-refractivity contribution is -0.385. The Bertz CT molecular complexity index is 797. The zero-order chi connectivity index (χ0) is 17.7. The van der Waals surface area contributed by atoms with E-state index in [1.807, 2.05) is 0 Å². The molecule has 0 atom stereocenters. The van der Waals surface area contributed by atoms with Gasteiger partial charge in [-0.1, -0.05) is 23.2 Å². The van der Waals surface area contributed by atoms with Gasteiger partial charge in [-0.25, -0.2) is 0 Å². The molecule has 0 aliphatic heterocycles. The molecule has 9 heteroatoms. The highest BCUT2D eigenvalue weighted by molar-refractivity contribution is 6.36. The molecule has 0 radical (unpaired) electrons. The first-order valence-electron chi connectivity index (χ1n) is 6.80. The molecule has 0 aliphatic carbocycles. The van der Waals surface area contributed by atoms with Crippen LogP contribution in [0.1, 0.15) is 12.5 Å². The molecule has 2 aromatic carbocycles. The minimum atomic E-state index is -0.581. The van der Waals surface area contributed by atoms with Crippen molar-refractivity contribution in [3.8, 4) is 11.5 Å². The van der Waals surface area contributed by atoms with Crippen molar-refractivity contribution in [2.24, 2.45) is 5.10 Å². The second kappa shape index (κ2) is 7.85. The number of nitrogens with zero attached hydrogens (tertiary/aromatic N) is 2. The van der Waals surface area contributed by atoms with E-state index >= 15 is 0 Å². The first kappa shape index (κ1) is 17.8. The van der Waals surface area contributed by atoms with Crippen LogP contribution in [-0.2, 0) is 0 Å². The van der Waals surface area contributed by atoms with Crippen molar-refractivity contribution < 1.29 is 14.8 Å². The van der Waals surface area contributed by atoms with Crippen LogP contribution in [0.15, 0.2) is 35.4 Å². The third-order valence-electron chi connectivity index (χ3n) is 2.92.